The van der Waals surface area contributed by atoms with Crippen LogP contribution in [0.3, 0.4) is 0 Å². The summed E-state index contributed by atoms with van der Waals surface area (Å²) in [6.45, 7) is 2.71. The van der Waals surface area contributed by atoms with E-state index in [1.807, 2.05) is 0 Å². The minimum atomic E-state index is -3.83. The Morgan fingerprint density at radius 2 is 1.68 bits per heavy atom. The molecule has 0 spiro atoms. The third-order valence-corrected chi connectivity index (χ3v) is 7.48. The summed E-state index contributed by atoms with van der Waals surface area (Å²) in [5.74, 6) is 0.855. The molecule has 2 amide bonds. The molecular formula is C23H25N3O7S. The van der Waals surface area contributed by atoms with Crippen molar-refractivity contribution in [3.63, 3.8) is 0 Å². The number of rotatable bonds is 6. The van der Waals surface area contributed by atoms with E-state index in [2.05, 4.69) is 4.72 Å². The Kier molecular flexibility index (Phi) is 6.05. The summed E-state index contributed by atoms with van der Waals surface area (Å²) in [7, 11) is -3.83. The molecule has 0 aliphatic carbocycles. The van der Waals surface area contributed by atoms with Gasteiger partial charge in [0, 0.05) is 44.2 Å². The van der Waals surface area contributed by atoms with Crippen molar-refractivity contribution in [2.75, 3.05) is 49.3 Å². The van der Waals surface area contributed by atoms with Crippen LogP contribution < -0.4 is 19.1 Å². The van der Waals surface area contributed by atoms with Gasteiger partial charge in [-0.05, 0) is 42.3 Å². The highest BCUT2D eigenvalue weighted by Gasteiger charge is 2.28. The molecule has 34 heavy (non-hydrogen) atoms. The number of sulfonamides is 1. The smallest absolute Gasteiger partial charge is 0.261 e. The number of carbonyl (C=O) groups is 2. The summed E-state index contributed by atoms with van der Waals surface area (Å²) in [4.78, 5) is 28.6. The molecule has 2 aromatic rings. The van der Waals surface area contributed by atoms with Crippen molar-refractivity contribution in [3.05, 3.63) is 42.0 Å². The summed E-state index contributed by atoms with van der Waals surface area (Å²) in [6, 6.07) is 9.56. The van der Waals surface area contributed by atoms with E-state index in [0.717, 1.165) is 5.56 Å². The summed E-state index contributed by atoms with van der Waals surface area (Å²) < 4.78 is 44.2. The van der Waals surface area contributed by atoms with Gasteiger partial charge in [-0.3, -0.25) is 14.3 Å². The second-order valence-corrected chi connectivity index (χ2v) is 9.93. The number of hydrogen-bond acceptors (Lipinski definition) is 7. The fourth-order valence-electron chi connectivity index (χ4n) is 4.30. The van der Waals surface area contributed by atoms with Gasteiger partial charge in [0.2, 0.25) is 18.6 Å². The van der Waals surface area contributed by atoms with Gasteiger partial charge in [-0.2, -0.15) is 0 Å². The van der Waals surface area contributed by atoms with E-state index in [4.69, 9.17) is 14.2 Å². The van der Waals surface area contributed by atoms with Gasteiger partial charge in [-0.1, -0.05) is 0 Å². The normalized spacial score (nSPS) is 16.9. The molecule has 1 fully saturated rings. The minimum Gasteiger partial charge on any atom is -0.454 e. The number of nitrogens with one attached hydrogen (secondary N) is 1. The Balaban J connectivity index is 1.24. The van der Waals surface area contributed by atoms with Gasteiger partial charge in [0.1, 0.15) is 0 Å². The number of hydrogen-bond donors (Lipinski definition) is 1. The molecular weight excluding hydrogens is 462 g/mol. The van der Waals surface area contributed by atoms with Crippen LogP contribution in [0.5, 0.6) is 11.5 Å². The summed E-state index contributed by atoms with van der Waals surface area (Å²) >= 11 is 0. The van der Waals surface area contributed by atoms with Crippen molar-refractivity contribution < 1.29 is 32.2 Å². The van der Waals surface area contributed by atoms with E-state index in [9.17, 15) is 18.0 Å². The standard InChI is InChI=1S/C23H25N3O7S/c27-22(25-9-11-31-12-10-25)5-6-23(28)26-8-7-16-13-18(2-3-19(16)26)34(29,30)24-17-1-4-20-21(14-17)33-15-32-20/h1-4,13-14,24H,5-12,15H2. The molecule has 11 heteroatoms. The lowest BCUT2D eigenvalue weighted by atomic mass is 10.2. The van der Waals surface area contributed by atoms with E-state index < -0.39 is 10.0 Å². The van der Waals surface area contributed by atoms with Crippen LogP contribution in [-0.4, -0.2) is 64.8 Å². The average molecular weight is 488 g/mol. The molecule has 180 valence electrons. The van der Waals surface area contributed by atoms with Crippen LogP contribution in [0.25, 0.3) is 0 Å². The first-order valence-electron chi connectivity index (χ1n) is 11.1. The predicted octanol–water partition coefficient (Wildman–Crippen LogP) is 1.74. The van der Waals surface area contributed by atoms with Gasteiger partial charge in [-0.15, -0.1) is 0 Å². The zero-order chi connectivity index (χ0) is 23.7. The van der Waals surface area contributed by atoms with Crippen molar-refractivity contribution in [2.45, 2.75) is 24.2 Å². The quantitative estimate of drug-likeness (QED) is 0.660. The van der Waals surface area contributed by atoms with E-state index in [1.54, 1.807) is 40.1 Å². The van der Waals surface area contributed by atoms with Gasteiger partial charge in [0.15, 0.2) is 11.5 Å². The number of benzene rings is 2. The molecule has 0 radical (unpaired) electrons. The molecule has 0 aromatic heterocycles. The van der Waals surface area contributed by atoms with Crippen molar-refractivity contribution >= 4 is 33.2 Å². The molecule has 3 aliphatic rings. The van der Waals surface area contributed by atoms with Crippen LogP contribution in [0, 0.1) is 0 Å². The minimum absolute atomic E-state index is 0.0490. The second kappa shape index (κ2) is 9.15. The molecule has 3 heterocycles. The highest BCUT2D eigenvalue weighted by Crippen LogP contribution is 2.35. The van der Waals surface area contributed by atoms with Crippen LogP contribution in [0.15, 0.2) is 41.3 Å². The van der Waals surface area contributed by atoms with E-state index in [-0.39, 0.29) is 36.3 Å². The lowest BCUT2D eigenvalue weighted by Crippen LogP contribution is -2.41. The number of morpholine rings is 1. The third-order valence-electron chi connectivity index (χ3n) is 6.10. The SMILES string of the molecule is O=C(CCC(=O)N1CCc2cc(S(=O)(=O)Nc3ccc4c(c3)OCO4)ccc21)N1CCOCC1. The summed E-state index contributed by atoms with van der Waals surface area (Å²) in [5.41, 5.74) is 1.83. The van der Waals surface area contributed by atoms with Gasteiger partial charge >= 0.3 is 0 Å². The first-order valence-corrected chi connectivity index (χ1v) is 12.6. The first kappa shape index (κ1) is 22.5. The van der Waals surface area contributed by atoms with E-state index >= 15 is 0 Å². The fourth-order valence-corrected chi connectivity index (χ4v) is 5.40. The number of nitrogens with zero attached hydrogens (tertiary/aromatic N) is 2. The molecule has 0 bridgehead atoms. The molecule has 1 N–H and O–H groups in total. The van der Waals surface area contributed by atoms with Crippen molar-refractivity contribution in [2.24, 2.45) is 0 Å². The van der Waals surface area contributed by atoms with Crippen LogP contribution in [0.1, 0.15) is 18.4 Å². The third kappa shape index (κ3) is 4.53. The monoisotopic (exact) mass is 487 g/mol. The number of fused-ring (bicyclic) bond motifs is 2. The number of carbonyl (C=O) groups excluding carboxylic acids is 2. The summed E-state index contributed by atoms with van der Waals surface area (Å²) in [5, 5.41) is 0. The number of ether oxygens (including phenoxy) is 3. The van der Waals surface area contributed by atoms with E-state index in [1.165, 1.54) is 6.07 Å². The van der Waals surface area contributed by atoms with Crippen LogP contribution in [0.4, 0.5) is 11.4 Å². The number of anilines is 2. The largest absolute Gasteiger partial charge is 0.454 e. The van der Waals surface area contributed by atoms with Gasteiger partial charge in [0.25, 0.3) is 10.0 Å². The van der Waals surface area contributed by atoms with Crippen molar-refractivity contribution in [3.8, 4) is 11.5 Å². The Morgan fingerprint density at radius 1 is 0.912 bits per heavy atom. The molecule has 2 aromatic carbocycles. The zero-order valence-electron chi connectivity index (χ0n) is 18.5. The van der Waals surface area contributed by atoms with Crippen molar-refractivity contribution in [1.82, 2.24) is 4.90 Å². The Labute approximate surface area is 197 Å². The molecule has 0 atom stereocenters. The molecule has 10 nitrogen and oxygen atoms in total. The Bertz CT molecular complexity index is 1230. The maximum atomic E-state index is 12.9. The van der Waals surface area contributed by atoms with E-state index in [0.29, 0.717) is 62.1 Å². The molecule has 0 saturated carbocycles. The van der Waals surface area contributed by atoms with Gasteiger partial charge < -0.3 is 24.0 Å². The van der Waals surface area contributed by atoms with Gasteiger partial charge in [0.05, 0.1) is 23.8 Å². The van der Waals surface area contributed by atoms with Crippen LogP contribution >= 0.6 is 0 Å². The predicted molar refractivity (Wildman–Crippen MR) is 123 cm³/mol. The Morgan fingerprint density at radius 3 is 2.50 bits per heavy atom. The van der Waals surface area contributed by atoms with Gasteiger partial charge in [-0.25, -0.2) is 8.42 Å². The highest BCUT2D eigenvalue weighted by molar-refractivity contribution is 7.92. The van der Waals surface area contributed by atoms with Crippen molar-refractivity contribution in [1.29, 1.82) is 0 Å². The fraction of sp³-hybridized carbons (Fsp3) is 0.391. The molecule has 3 aliphatic heterocycles. The second-order valence-electron chi connectivity index (χ2n) is 8.25. The molecule has 5 rings (SSSR count). The van der Waals surface area contributed by atoms with Crippen LogP contribution in [-0.2, 0) is 30.8 Å². The first-order chi connectivity index (χ1) is 16.4. The summed E-state index contributed by atoms with van der Waals surface area (Å²) in [6.07, 6.45) is 0.809. The maximum Gasteiger partial charge on any atom is 0.261 e. The topological polar surface area (TPSA) is 114 Å². The highest BCUT2D eigenvalue weighted by atomic mass is 32.2. The zero-order valence-corrected chi connectivity index (χ0v) is 19.3. The molecule has 0 unspecified atom stereocenters. The lowest BCUT2D eigenvalue weighted by molar-refractivity contribution is -0.136. The Hall–Kier alpha value is -3.31. The molecule has 1 saturated heterocycles. The maximum absolute atomic E-state index is 12.9. The average Bonchev–Trinajstić information content (AvgIpc) is 3.49. The van der Waals surface area contributed by atoms with Crippen LogP contribution in [0.2, 0.25) is 0 Å². The number of amides is 2. The lowest BCUT2D eigenvalue weighted by Gasteiger charge is -2.27.